The molecular weight excluding hydrogens is 428 g/mol. The van der Waals surface area contributed by atoms with Crippen LogP contribution in [0.5, 0.6) is 0 Å². The predicted molar refractivity (Wildman–Crippen MR) is 134 cm³/mol. The molecule has 34 heavy (non-hydrogen) atoms. The fraction of sp³-hybridized carbons (Fsp3) is 0.464. The van der Waals surface area contributed by atoms with Gasteiger partial charge in [-0.3, -0.25) is 9.59 Å². The summed E-state index contributed by atoms with van der Waals surface area (Å²) in [5.74, 6) is -1.40. The molecule has 2 amide bonds. The van der Waals surface area contributed by atoms with E-state index in [-0.39, 0.29) is 17.9 Å². The maximum absolute atomic E-state index is 13.2. The van der Waals surface area contributed by atoms with Crippen molar-refractivity contribution in [2.45, 2.75) is 78.5 Å². The van der Waals surface area contributed by atoms with Crippen molar-refractivity contribution in [1.82, 2.24) is 10.6 Å². The number of carbonyl (C=O) groups excluding carboxylic acids is 3. The third-order valence-electron chi connectivity index (χ3n) is 5.51. The number of hydrogen-bond acceptors (Lipinski definition) is 4. The van der Waals surface area contributed by atoms with Crippen molar-refractivity contribution in [3.63, 3.8) is 0 Å². The summed E-state index contributed by atoms with van der Waals surface area (Å²) >= 11 is 0. The highest BCUT2D eigenvalue weighted by atomic mass is 16.5. The van der Waals surface area contributed by atoms with E-state index in [9.17, 15) is 14.4 Å². The van der Waals surface area contributed by atoms with Crippen molar-refractivity contribution >= 4 is 17.8 Å². The SMILES string of the molecule is CCCCc1ccc(C(=O)NC(C(=O)NC(Cc2ccccc2)C(=O)OC(C)C)C(C)C)cc1. The minimum atomic E-state index is -0.853. The van der Waals surface area contributed by atoms with E-state index >= 15 is 0 Å². The van der Waals surface area contributed by atoms with Crippen molar-refractivity contribution in [2.75, 3.05) is 0 Å². The number of esters is 1. The minimum absolute atomic E-state index is 0.175. The van der Waals surface area contributed by atoms with Gasteiger partial charge in [0, 0.05) is 12.0 Å². The zero-order valence-electron chi connectivity index (χ0n) is 21.0. The Morgan fingerprint density at radius 1 is 0.853 bits per heavy atom. The summed E-state index contributed by atoms with van der Waals surface area (Å²) in [7, 11) is 0. The summed E-state index contributed by atoms with van der Waals surface area (Å²) in [5.41, 5.74) is 2.59. The van der Waals surface area contributed by atoms with Crippen LogP contribution in [0.2, 0.25) is 0 Å². The minimum Gasteiger partial charge on any atom is -0.461 e. The molecule has 6 heteroatoms. The van der Waals surface area contributed by atoms with Crippen LogP contribution in [0.1, 0.15) is 68.9 Å². The van der Waals surface area contributed by atoms with E-state index in [0.29, 0.717) is 12.0 Å². The molecule has 0 saturated heterocycles. The molecule has 0 heterocycles. The second kappa shape index (κ2) is 13.5. The summed E-state index contributed by atoms with van der Waals surface area (Å²) in [5, 5.41) is 5.65. The number of hydrogen-bond donors (Lipinski definition) is 2. The Morgan fingerprint density at radius 3 is 2.06 bits per heavy atom. The summed E-state index contributed by atoms with van der Waals surface area (Å²) in [6, 6.07) is 15.3. The van der Waals surface area contributed by atoms with Crippen molar-refractivity contribution in [3.8, 4) is 0 Å². The van der Waals surface area contributed by atoms with Crippen molar-refractivity contribution in [1.29, 1.82) is 0 Å². The Hall–Kier alpha value is -3.15. The van der Waals surface area contributed by atoms with Gasteiger partial charge in [-0.05, 0) is 55.9 Å². The second-order valence-electron chi connectivity index (χ2n) is 9.23. The Bertz CT molecular complexity index is 923. The standard InChI is InChI=1S/C28H38N2O4/c1-6-7-11-21-14-16-23(17-15-21)26(31)30-25(19(2)3)27(32)29-24(28(33)34-20(4)5)18-22-12-9-8-10-13-22/h8-10,12-17,19-20,24-25H,6-7,11,18H2,1-5H3,(H,29,32)(H,30,31). The fourth-order valence-corrected chi connectivity index (χ4v) is 3.58. The van der Waals surface area contributed by atoms with E-state index in [2.05, 4.69) is 17.6 Å². The number of rotatable bonds is 12. The molecule has 0 saturated carbocycles. The average Bonchev–Trinajstić information content (AvgIpc) is 2.80. The van der Waals surface area contributed by atoms with Crippen LogP contribution in [0.25, 0.3) is 0 Å². The van der Waals surface area contributed by atoms with E-state index < -0.39 is 24.0 Å². The zero-order valence-corrected chi connectivity index (χ0v) is 21.0. The normalized spacial score (nSPS) is 12.8. The van der Waals surface area contributed by atoms with Gasteiger partial charge in [-0.1, -0.05) is 69.7 Å². The lowest BCUT2D eigenvalue weighted by Crippen LogP contribution is -2.54. The molecule has 0 aromatic heterocycles. The maximum atomic E-state index is 13.2. The number of unbranched alkanes of at least 4 members (excludes halogenated alkanes) is 1. The van der Waals surface area contributed by atoms with Gasteiger partial charge in [0.25, 0.3) is 5.91 Å². The lowest BCUT2D eigenvalue weighted by Gasteiger charge is -2.25. The van der Waals surface area contributed by atoms with Gasteiger partial charge in [0.1, 0.15) is 12.1 Å². The maximum Gasteiger partial charge on any atom is 0.329 e. The molecule has 2 rings (SSSR count). The molecule has 0 bridgehead atoms. The Morgan fingerprint density at radius 2 is 1.50 bits per heavy atom. The topological polar surface area (TPSA) is 84.5 Å². The van der Waals surface area contributed by atoms with E-state index in [1.54, 1.807) is 26.0 Å². The molecule has 2 unspecified atom stereocenters. The van der Waals surface area contributed by atoms with Crippen LogP contribution in [0.3, 0.4) is 0 Å². The molecule has 2 aromatic carbocycles. The first-order valence-electron chi connectivity index (χ1n) is 12.2. The highest BCUT2D eigenvalue weighted by molar-refractivity contribution is 5.98. The van der Waals surface area contributed by atoms with Gasteiger partial charge in [0.2, 0.25) is 5.91 Å². The molecule has 2 N–H and O–H groups in total. The lowest BCUT2D eigenvalue weighted by atomic mass is 10.0. The molecule has 0 fully saturated rings. The van der Waals surface area contributed by atoms with E-state index in [1.807, 2.05) is 56.3 Å². The lowest BCUT2D eigenvalue weighted by molar-refractivity contribution is -0.151. The Balaban J connectivity index is 2.11. The summed E-state index contributed by atoms with van der Waals surface area (Å²) in [6.07, 6.45) is 3.19. The fourth-order valence-electron chi connectivity index (χ4n) is 3.58. The average molecular weight is 467 g/mol. The quantitative estimate of drug-likeness (QED) is 0.452. The second-order valence-corrected chi connectivity index (χ2v) is 9.23. The summed E-state index contributed by atoms with van der Waals surface area (Å²) < 4.78 is 5.37. The van der Waals surface area contributed by atoms with Gasteiger partial charge in [0.05, 0.1) is 6.10 Å². The van der Waals surface area contributed by atoms with E-state index in [0.717, 1.165) is 24.8 Å². The van der Waals surface area contributed by atoms with Gasteiger partial charge >= 0.3 is 5.97 Å². The zero-order chi connectivity index (χ0) is 25.1. The Kier molecular flexibility index (Phi) is 10.8. The molecule has 0 radical (unpaired) electrons. The van der Waals surface area contributed by atoms with Crippen LogP contribution < -0.4 is 10.6 Å². The first kappa shape index (κ1) is 27.1. The van der Waals surface area contributed by atoms with Crippen molar-refractivity contribution < 1.29 is 19.1 Å². The van der Waals surface area contributed by atoms with Crippen LogP contribution in [0.4, 0.5) is 0 Å². The van der Waals surface area contributed by atoms with Gasteiger partial charge in [-0.2, -0.15) is 0 Å². The predicted octanol–water partition coefficient (Wildman–Crippen LogP) is 4.46. The molecule has 6 nitrogen and oxygen atoms in total. The molecule has 184 valence electrons. The third kappa shape index (κ3) is 8.65. The first-order valence-corrected chi connectivity index (χ1v) is 12.2. The largest absolute Gasteiger partial charge is 0.461 e. The molecular formula is C28H38N2O4. The number of nitrogens with one attached hydrogen (secondary N) is 2. The van der Waals surface area contributed by atoms with E-state index in [1.165, 1.54) is 5.56 Å². The number of benzene rings is 2. The van der Waals surface area contributed by atoms with Gasteiger partial charge in [-0.25, -0.2) is 4.79 Å². The van der Waals surface area contributed by atoms with Gasteiger partial charge in [-0.15, -0.1) is 0 Å². The van der Waals surface area contributed by atoms with Gasteiger partial charge in [0.15, 0.2) is 0 Å². The third-order valence-corrected chi connectivity index (χ3v) is 5.51. The number of carbonyl (C=O) groups is 3. The van der Waals surface area contributed by atoms with Crippen LogP contribution in [0, 0.1) is 5.92 Å². The molecule has 0 aliphatic heterocycles. The van der Waals surface area contributed by atoms with Gasteiger partial charge < -0.3 is 15.4 Å². The van der Waals surface area contributed by atoms with Crippen LogP contribution >= 0.6 is 0 Å². The highest BCUT2D eigenvalue weighted by Gasteiger charge is 2.30. The smallest absolute Gasteiger partial charge is 0.329 e. The number of ether oxygens (including phenoxy) is 1. The van der Waals surface area contributed by atoms with Crippen LogP contribution in [-0.4, -0.2) is 36.0 Å². The summed E-state index contributed by atoms with van der Waals surface area (Å²) in [6.45, 7) is 9.40. The van der Waals surface area contributed by atoms with Crippen LogP contribution in [-0.2, 0) is 27.2 Å². The number of amides is 2. The molecule has 0 aliphatic rings. The van der Waals surface area contributed by atoms with Crippen molar-refractivity contribution in [3.05, 3.63) is 71.3 Å². The molecule has 0 aliphatic carbocycles. The Labute approximate surface area is 203 Å². The van der Waals surface area contributed by atoms with Crippen LogP contribution in [0.15, 0.2) is 54.6 Å². The highest BCUT2D eigenvalue weighted by Crippen LogP contribution is 2.11. The molecule has 0 spiro atoms. The van der Waals surface area contributed by atoms with Crippen molar-refractivity contribution in [2.24, 2.45) is 5.92 Å². The monoisotopic (exact) mass is 466 g/mol. The summed E-state index contributed by atoms with van der Waals surface area (Å²) in [4.78, 5) is 38.8. The first-order chi connectivity index (χ1) is 16.2. The van der Waals surface area contributed by atoms with E-state index in [4.69, 9.17) is 4.74 Å². The molecule has 2 atom stereocenters. The number of aryl methyl sites for hydroxylation is 1. The molecule has 2 aromatic rings.